The molecule has 1 aliphatic rings. The molecule has 1 unspecified atom stereocenters. The quantitative estimate of drug-likeness (QED) is 0.802. The molecule has 3 nitrogen and oxygen atoms in total. The number of hydrogen-bond donors (Lipinski definition) is 0. The molecule has 1 amide bonds. The molecule has 4 heteroatoms. The number of hydrogen-bond acceptors (Lipinski definition) is 2. The van der Waals surface area contributed by atoms with E-state index in [0.29, 0.717) is 18.9 Å². The third kappa shape index (κ3) is 5.33. The summed E-state index contributed by atoms with van der Waals surface area (Å²) in [6.45, 7) is 1.64. The molecular weight excluding hydrogens is 286 g/mol. The minimum absolute atomic E-state index is 0.172. The molecule has 0 N–H and O–H groups in total. The van der Waals surface area contributed by atoms with Crippen LogP contribution in [0.5, 0.6) is 0 Å². The maximum Gasteiger partial charge on any atom is 0.222 e. The molecular formula is C17H24ClNO2. The summed E-state index contributed by atoms with van der Waals surface area (Å²) >= 11 is 6.11. The van der Waals surface area contributed by atoms with Crippen molar-refractivity contribution in [1.82, 2.24) is 4.90 Å². The summed E-state index contributed by atoms with van der Waals surface area (Å²) in [4.78, 5) is 14.0. The number of amides is 1. The van der Waals surface area contributed by atoms with Gasteiger partial charge in [0.1, 0.15) is 0 Å². The Bertz CT molecular complexity index is 458. The minimum atomic E-state index is 0.172. The van der Waals surface area contributed by atoms with Crippen LogP contribution in [0.4, 0.5) is 0 Å². The van der Waals surface area contributed by atoms with Crippen molar-refractivity contribution in [2.24, 2.45) is 0 Å². The number of carbonyl (C=O) groups is 1. The van der Waals surface area contributed by atoms with Crippen molar-refractivity contribution in [3.8, 4) is 0 Å². The highest BCUT2D eigenvalue weighted by atomic mass is 35.5. The Morgan fingerprint density at radius 1 is 1.38 bits per heavy atom. The summed E-state index contributed by atoms with van der Waals surface area (Å²) in [6, 6.07) is 7.71. The SMILES string of the molecule is CN(CCC1CCCCO1)C(=O)CCc1ccccc1Cl. The lowest BCUT2D eigenvalue weighted by Gasteiger charge is -2.25. The Hall–Kier alpha value is -1.06. The van der Waals surface area contributed by atoms with E-state index in [2.05, 4.69) is 0 Å². The van der Waals surface area contributed by atoms with Gasteiger partial charge in [-0.25, -0.2) is 0 Å². The second kappa shape index (κ2) is 8.40. The molecule has 1 aromatic carbocycles. The van der Waals surface area contributed by atoms with Crippen LogP contribution in [0.2, 0.25) is 5.02 Å². The van der Waals surface area contributed by atoms with Crippen molar-refractivity contribution in [3.05, 3.63) is 34.9 Å². The van der Waals surface area contributed by atoms with E-state index in [1.54, 1.807) is 0 Å². The fourth-order valence-corrected chi connectivity index (χ4v) is 2.86. The lowest BCUT2D eigenvalue weighted by Crippen LogP contribution is -2.31. The van der Waals surface area contributed by atoms with Gasteiger partial charge in [-0.1, -0.05) is 29.8 Å². The zero-order chi connectivity index (χ0) is 15.1. The van der Waals surface area contributed by atoms with Crippen LogP contribution in [0, 0.1) is 0 Å². The molecule has 1 fully saturated rings. The van der Waals surface area contributed by atoms with Crippen molar-refractivity contribution in [1.29, 1.82) is 0 Å². The number of carbonyl (C=O) groups excluding carboxylic acids is 1. The van der Waals surface area contributed by atoms with Crippen molar-refractivity contribution < 1.29 is 9.53 Å². The molecule has 0 saturated carbocycles. The summed E-state index contributed by atoms with van der Waals surface area (Å²) in [7, 11) is 1.87. The number of nitrogens with zero attached hydrogens (tertiary/aromatic N) is 1. The van der Waals surface area contributed by atoms with Crippen LogP contribution in [-0.4, -0.2) is 37.1 Å². The highest BCUT2D eigenvalue weighted by molar-refractivity contribution is 6.31. The zero-order valence-electron chi connectivity index (χ0n) is 12.7. The number of rotatable bonds is 6. The maximum atomic E-state index is 12.1. The van der Waals surface area contributed by atoms with Gasteiger partial charge in [-0.15, -0.1) is 0 Å². The van der Waals surface area contributed by atoms with E-state index in [-0.39, 0.29) is 5.91 Å². The van der Waals surface area contributed by atoms with E-state index in [1.807, 2.05) is 36.2 Å². The largest absolute Gasteiger partial charge is 0.378 e. The van der Waals surface area contributed by atoms with Crippen LogP contribution in [0.3, 0.4) is 0 Å². The zero-order valence-corrected chi connectivity index (χ0v) is 13.4. The van der Waals surface area contributed by atoms with Crippen molar-refractivity contribution in [3.63, 3.8) is 0 Å². The molecule has 1 aromatic rings. The number of benzene rings is 1. The fourth-order valence-electron chi connectivity index (χ4n) is 2.63. The first kappa shape index (κ1) is 16.3. The van der Waals surface area contributed by atoms with Crippen LogP contribution in [0.1, 0.15) is 37.7 Å². The normalized spacial score (nSPS) is 18.5. The van der Waals surface area contributed by atoms with Gasteiger partial charge in [0.05, 0.1) is 6.10 Å². The molecule has 116 valence electrons. The monoisotopic (exact) mass is 309 g/mol. The predicted molar refractivity (Wildman–Crippen MR) is 85.6 cm³/mol. The average molecular weight is 310 g/mol. The van der Waals surface area contributed by atoms with E-state index in [1.165, 1.54) is 12.8 Å². The first-order valence-corrected chi connectivity index (χ1v) is 8.13. The standard InChI is InChI=1S/C17H24ClNO2/c1-19(12-11-15-7-4-5-13-21-15)17(20)10-9-14-6-2-3-8-16(14)18/h2-3,6,8,15H,4-5,7,9-13H2,1H3. The van der Waals surface area contributed by atoms with E-state index in [4.69, 9.17) is 16.3 Å². The molecule has 0 spiro atoms. The predicted octanol–water partition coefficient (Wildman–Crippen LogP) is 3.69. The van der Waals surface area contributed by atoms with E-state index in [0.717, 1.165) is 36.6 Å². The van der Waals surface area contributed by atoms with Gasteiger partial charge in [0.2, 0.25) is 5.91 Å². The fraction of sp³-hybridized carbons (Fsp3) is 0.588. The molecule has 0 radical (unpaired) electrons. The highest BCUT2D eigenvalue weighted by Gasteiger charge is 2.16. The van der Waals surface area contributed by atoms with Crippen LogP contribution in [0.15, 0.2) is 24.3 Å². The second-order valence-electron chi connectivity index (χ2n) is 5.68. The Balaban J connectivity index is 1.71. The van der Waals surface area contributed by atoms with Gasteiger partial charge < -0.3 is 9.64 Å². The van der Waals surface area contributed by atoms with Crippen LogP contribution in [-0.2, 0) is 16.0 Å². The molecule has 0 aromatic heterocycles. The smallest absolute Gasteiger partial charge is 0.222 e. The third-order valence-electron chi connectivity index (χ3n) is 4.05. The minimum Gasteiger partial charge on any atom is -0.378 e. The van der Waals surface area contributed by atoms with Crippen LogP contribution >= 0.6 is 11.6 Å². The average Bonchev–Trinajstić information content (AvgIpc) is 2.52. The second-order valence-corrected chi connectivity index (χ2v) is 6.09. The molecule has 1 atom stereocenters. The summed E-state index contributed by atoms with van der Waals surface area (Å²) in [5.41, 5.74) is 1.04. The third-order valence-corrected chi connectivity index (χ3v) is 4.42. The summed E-state index contributed by atoms with van der Waals surface area (Å²) in [6.07, 6.45) is 6.01. The van der Waals surface area contributed by atoms with Gasteiger partial charge in [-0.2, -0.15) is 0 Å². The highest BCUT2D eigenvalue weighted by Crippen LogP contribution is 2.18. The van der Waals surface area contributed by atoms with Gasteiger partial charge in [0.25, 0.3) is 0 Å². The Morgan fingerprint density at radius 3 is 2.90 bits per heavy atom. The Kier molecular flexibility index (Phi) is 6.52. The first-order chi connectivity index (χ1) is 10.2. The van der Waals surface area contributed by atoms with E-state index in [9.17, 15) is 4.79 Å². The van der Waals surface area contributed by atoms with E-state index < -0.39 is 0 Å². The van der Waals surface area contributed by atoms with Gasteiger partial charge >= 0.3 is 0 Å². The lowest BCUT2D eigenvalue weighted by atomic mass is 10.1. The molecule has 2 rings (SSSR count). The summed E-state index contributed by atoms with van der Waals surface area (Å²) in [5, 5.41) is 0.739. The lowest BCUT2D eigenvalue weighted by molar-refractivity contribution is -0.130. The topological polar surface area (TPSA) is 29.5 Å². The molecule has 1 aliphatic heterocycles. The molecule has 21 heavy (non-hydrogen) atoms. The number of aryl methyl sites for hydroxylation is 1. The Labute approximate surface area is 132 Å². The Morgan fingerprint density at radius 2 is 2.19 bits per heavy atom. The van der Waals surface area contributed by atoms with Gasteiger partial charge in [-0.3, -0.25) is 4.79 Å². The van der Waals surface area contributed by atoms with Crippen molar-refractivity contribution >= 4 is 17.5 Å². The van der Waals surface area contributed by atoms with Crippen molar-refractivity contribution in [2.45, 2.75) is 44.6 Å². The van der Waals surface area contributed by atoms with Gasteiger partial charge in [0.15, 0.2) is 0 Å². The first-order valence-electron chi connectivity index (χ1n) is 7.76. The summed E-state index contributed by atoms with van der Waals surface area (Å²) in [5.74, 6) is 0.172. The van der Waals surface area contributed by atoms with Gasteiger partial charge in [0, 0.05) is 31.6 Å². The molecule has 0 aliphatic carbocycles. The summed E-state index contributed by atoms with van der Waals surface area (Å²) < 4.78 is 5.70. The van der Waals surface area contributed by atoms with E-state index >= 15 is 0 Å². The number of halogens is 1. The molecule has 1 heterocycles. The van der Waals surface area contributed by atoms with Crippen LogP contribution in [0.25, 0.3) is 0 Å². The maximum absolute atomic E-state index is 12.1. The number of ether oxygens (including phenoxy) is 1. The van der Waals surface area contributed by atoms with Crippen LogP contribution < -0.4 is 0 Å². The van der Waals surface area contributed by atoms with Gasteiger partial charge in [-0.05, 0) is 43.7 Å². The molecule has 1 saturated heterocycles. The molecule has 0 bridgehead atoms. The van der Waals surface area contributed by atoms with Crippen molar-refractivity contribution in [2.75, 3.05) is 20.2 Å².